The molecular formula is C11H10N2O2S. The number of rotatable bonds is 2. The summed E-state index contributed by atoms with van der Waals surface area (Å²) in [5, 5.41) is 9.53. The third-order valence-electron chi connectivity index (χ3n) is 2.22. The van der Waals surface area contributed by atoms with Gasteiger partial charge >= 0.3 is 5.97 Å². The molecule has 0 aliphatic heterocycles. The van der Waals surface area contributed by atoms with Crippen LogP contribution in [0.1, 0.15) is 16.1 Å². The lowest BCUT2D eigenvalue weighted by Crippen LogP contribution is -1.98. The van der Waals surface area contributed by atoms with Gasteiger partial charge < -0.3 is 10.8 Å². The fourth-order valence-electron chi connectivity index (χ4n) is 1.53. The molecule has 0 spiro atoms. The molecule has 0 bridgehead atoms. The highest BCUT2D eigenvalue weighted by Gasteiger charge is 2.15. The van der Waals surface area contributed by atoms with Crippen LogP contribution in [0, 0.1) is 6.92 Å². The van der Waals surface area contributed by atoms with Crippen molar-refractivity contribution in [3.8, 4) is 10.4 Å². The highest BCUT2D eigenvalue weighted by atomic mass is 32.1. The minimum atomic E-state index is -0.943. The predicted octanol–water partition coefficient (Wildman–Crippen LogP) is 2.40. The molecule has 0 saturated heterocycles. The Morgan fingerprint density at radius 2 is 2.12 bits per heavy atom. The van der Waals surface area contributed by atoms with Crippen molar-refractivity contribution in [2.24, 2.45) is 0 Å². The Morgan fingerprint density at radius 1 is 1.44 bits per heavy atom. The molecule has 5 heteroatoms. The smallest absolute Gasteiger partial charge is 0.336 e. The highest BCUT2D eigenvalue weighted by Crippen LogP contribution is 2.33. The summed E-state index contributed by atoms with van der Waals surface area (Å²) in [5.41, 5.74) is 7.30. The van der Waals surface area contributed by atoms with Gasteiger partial charge in [-0.05, 0) is 13.0 Å². The average molecular weight is 234 g/mol. The second-order valence-electron chi connectivity index (χ2n) is 3.32. The van der Waals surface area contributed by atoms with Gasteiger partial charge in [-0.1, -0.05) is 29.5 Å². The molecule has 0 unspecified atom stereocenters. The van der Waals surface area contributed by atoms with E-state index in [9.17, 15) is 4.79 Å². The summed E-state index contributed by atoms with van der Waals surface area (Å²) in [6, 6.07) is 6.85. The lowest BCUT2D eigenvalue weighted by Gasteiger charge is -2.03. The Hall–Kier alpha value is -1.88. The Kier molecular flexibility index (Phi) is 2.62. The van der Waals surface area contributed by atoms with Crippen LogP contribution in [0.4, 0.5) is 5.13 Å². The summed E-state index contributed by atoms with van der Waals surface area (Å²) < 4.78 is 0. The zero-order valence-corrected chi connectivity index (χ0v) is 9.41. The van der Waals surface area contributed by atoms with Crippen molar-refractivity contribution in [3.05, 3.63) is 35.5 Å². The molecule has 16 heavy (non-hydrogen) atoms. The van der Waals surface area contributed by atoms with Gasteiger partial charge in [0.15, 0.2) is 5.13 Å². The zero-order valence-electron chi connectivity index (χ0n) is 8.60. The summed E-state index contributed by atoms with van der Waals surface area (Å²) in [4.78, 5) is 16.0. The van der Waals surface area contributed by atoms with Crippen LogP contribution < -0.4 is 5.73 Å². The van der Waals surface area contributed by atoms with Gasteiger partial charge in [0, 0.05) is 5.56 Å². The molecule has 0 saturated carbocycles. The molecule has 2 aromatic rings. The predicted molar refractivity (Wildman–Crippen MR) is 63.7 cm³/mol. The first-order chi connectivity index (χ1) is 7.59. The number of benzene rings is 1. The molecule has 0 amide bonds. The number of carboxylic acid groups (broad SMARTS) is 1. The van der Waals surface area contributed by atoms with E-state index in [2.05, 4.69) is 4.98 Å². The first kappa shape index (κ1) is 10.6. The third kappa shape index (κ3) is 1.77. The van der Waals surface area contributed by atoms with E-state index in [1.54, 1.807) is 24.3 Å². The monoisotopic (exact) mass is 234 g/mol. The molecule has 1 aromatic heterocycles. The zero-order chi connectivity index (χ0) is 11.7. The fraction of sp³-hybridized carbons (Fsp3) is 0.0909. The summed E-state index contributed by atoms with van der Waals surface area (Å²) in [5.74, 6) is -0.943. The maximum Gasteiger partial charge on any atom is 0.336 e. The number of aromatic nitrogens is 1. The van der Waals surface area contributed by atoms with E-state index in [0.29, 0.717) is 10.7 Å². The number of aryl methyl sites for hydroxylation is 1. The maximum absolute atomic E-state index is 11.1. The molecule has 2 rings (SSSR count). The van der Waals surface area contributed by atoms with Crippen LogP contribution in [-0.4, -0.2) is 16.1 Å². The largest absolute Gasteiger partial charge is 0.478 e. The number of carboxylic acids is 1. The van der Waals surface area contributed by atoms with Crippen molar-refractivity contribution in [2.75, 3.05) is 5.73 Å². The lowest BCUT2D eigenvalue weighted by atomic mass is 10.1. The average Bonchev–Trinajstić information content (AvgIpc) is 2.57. The topological polar surface area (TPSA) is 76.2 Å². The number of hydrogen-bond acceptors (Lipinski definition) is 4. The summed E-state index contributed by atoms with van der Waals surface area (Å²) in [7, 11) is 0. The molecule has 3 N–H and O–H groups in total. The van der Waals surface area contributed by atoms with Gasteiger partial charge in [-0.3, -0.25) is 0 Å². The Morgan fingerprint density at radius 3 is 2.69 bits per heavy atom. The second kappa shape index (κ2) is 3.94. The third-order valence-corrected chi connectivity index (χ3v) is 3.24. The van der Waals surface area contributed by atoms with Gasteiger partial charge in [0.1, 0.15) is 0 Å². The number of anilines is 1. The number of carbonyl (C=O) groups is 1. The van der Waals surface area contributed by atoms with E-state index in [0.717, 1.165) is 10.6 Å². The van der Waals surface area contributed by atoms with Crippen LogP contribution >= 0.6 is 11.3 Å². The van der Waals surface area contributed by atoms with Gasteiger partial charge in [0.25, 0.3) is 0 Å². The van der Waals surface area contributed by atoms with Crippen LogP contribution in [0.25, 0.3) is 10.4 Å². The summed E-state index contributed by atoms with van der Waals surface area (Å²) >= 11 is 1.30. The Bertz CT molecular complexity index is 549. The van der Waals surface area contributed by atoms with Crippen LogP contribution in [0.3, 0.4) is 0 Å². The first-order valence-electron chi connectivity index (χ1n) is 4.65. The number of nitrogens with zero attached hydrogens (tertiary/aromatic N) is 1. The molecule has 4 nitrogen and oxygen atoms in total. The van der Waals surface area contributed by atoms with Gasteiger partial charge in [0.05, 0.1) is 16.1 Å². The highest BCUT2D eigenvalue weighted by molar-refractivity contribution is 7.18. The first-order valence-corrected chi connectivity index (χ1v) is 5.47. The molecule has 0 aliphatic carbocycles. The van der Waals surface area contributed by atoms with Crippen LogP contribution in [0.2, 0.25) is 0 Å². The molecule has 82 valence electrons. The normalized spacial score (nSPS) is 10.3. The summed E-state index contributed by atoms with van der Waals surface area (Å²) in [6.45, 7) is 1.82. The number of thiazole rings is 1. The Labute approximate surface area is 96.4 Å². The van der Waals surface area contributed by atoms with Crippen molar-refractivity contribution >= 4 is 22.4 Å². The fourth-order valence-corrected chi connectivity index (χ4v) is 2.41. The molecular weight excluding hydrogens is 224 g/mol. The van der Waals surface area contributed by atoms with Gasteiger partial charge in [-0.15, -0.1) is 0 Å². The van der Waals surface area contributed by atoms with Crippen molar-refractivity contribution in [1.29, 1.82) is 0 Å². The lowest BCUT2D eigenvalue weighted by molar-refractivity contribution is 0.0698. The number of hydrogen-bond donors (Lipinski definition) is 2. The van der Waals surface area contributed by atoms with Crippen LogP contribution in [-0.2, 0) is 0 Å². The molecule has 0 aliphatic rings. The molecule has 0 radical (unpaired) electrons. The van der Waals surface area contributed by atoms with Crippen molar-refractivity contribution in [2.45, 2.75) is 6.92 Å². The van der Waals surface area contributed by atoms with E-state index < -0.39 is 5.97 Å². The molecule has 0 fully saturated rings. The standard InChI is InChI=1S/C11H10N2O2S/c1-6-9(16-11(12)13-6)7-4-2-3-5-8(7)10(14)15/h2-5H,1H3,(H2,12,13)(H,14,15). The minimum absolute atomic E-state index is 0.272. The van der Waals surface area contributed by atoms with Crippen LogP contribution in [0.5, 0.6) is 0 Å². The van der Waals surface area contributed by atoms with Crippen molar-refractivity contribution < 1.29 is 9.90 Å². The van der Waals surface area contributed by atoms with Gasteiger partial charge in [-0.2, -0.15) is 0 Å². The number of nitrogen functional groups attached to an aromatic ring is 1. The summed E-state index contributed by atoms with van der Waals surface area (Å²) in [6.07, 6.45) is 0. The minimum Gasteiger partial charge on any atom is -0.478 e. The van der Waals surface area contributed by atoms with Gasteiger partial charge in [0.2, 0.25) is 0 Å². The van der Waals surface area contributed by atoms with E-state index in [1.807, 2.05) is 6.92 Å². The number of nitrogens with two attached hydrogens (primary N) is 1. The van der Waals surface area contributed by atoms with E-state index in [4.69, 9.17) is 10.8 Å². The van der Waals surface area contributed by atoms with Crippen molar-refractivity contribution in [3.63, 3.8) is 0 Å². The molecule has 1 aromatic carbocycles. The second-order valence-corrected chi connectivity index (χ2v) is 4.35. The van der Waals surface area contributed by atoms with E-state index >= 15 is 0 Å². The number of aromatic carboxylic acids is 1. The quantitative estimate of drug-likeness (QED) is 0.836. The van der Waals surface area contributed by atoms with Crippen LogP contribution in [0.15, 0.2) is 24.3 Å². The Balaban J connectivity index is 2.64. The van der Waals surface area contributed by atoms with E-state index in [-0.39, 0.29) is 5.56 Å². The van der Waals surface area contributed by atoms with E-state index in [1.165, 1.54) is 11.3 Å². The maximum atomic E-state index is 11.1. The molecule has 0 atom stereocenters. The van der Waals surface area contributed by atoms with Gasteiger partial charge in [-0.25, -0.2) is 9.78 Å². The molecule has 1 heterocycles. The SMILES string of the molecule is Cc1nc(N)sc1-c1ccccc1C(=O)O. The van der Waals surface area contributed by atoms with Crippen molar-refractivity contribution in [1.82, 2.24) is 4.98 Å².